The summed E-state index contributed by atoms with van der Waals surface area (Å²) < 4.78 is 0. The van der Waals surface area contributed by atoms with Crippen LogP contribution < -0.4 is 10.5 Å². The maximum atomic E-state index is 11.4. The second-order valence-corrected chi connectivity index (χ2v) is 5.16. The molecule has 0 aliphatic heterocycles. The molecule has 6 heteroatoms. The van der Waals surface area contributed by atoms with E-state index in [-0.39, 0.29) is 17.9 Å². The van der Waals surface area contributed by atoms with Gasteiger partial charge in [-0.25, -0.2) is 0 Å². The molecule has 4 N–H and O–H groups in total. The van der Waals surface area contributed by atoms with Gasteiger partial charge >= 0.3 is 5.97 Å². The highest BCUT2D eigenvalue weighted by Gasteiger charge is 2.09. The third-order valence-corrected chi connectivity index (χ3v) is 3.18. The van der Waals surface area contributed by atoms with Gasteiger partial charge in [0.2, 0.25) is 5.91 Å². The molecule has 0 fully saturated rings. The van der Waals surface area contributed by atoms with Crippen LogP contribution in [0.25, 0.3) is 0 Å². The zero-order valence-corrected chi connectivity index (χ0v) is 12.1. The molecule has 0 radical (unpaired) electrons. The number of rotatable bonds is 12. The predicted molar refractivity (Wildman–Crippen MR) is 78.7 cm³/mol. The largest absolute Gasteiger partial charge is 0.481 e. The molecule has 0 unspecified atom stereocenters. The molecule has 1 amide bonds. The fraction of sp³-hybridized carbons (Fsp3) is 0.692. The minimum absolute atomic E-state index is 0.104. The lowest BCUT2D eigenvalue weighted by Gasteiger charge is -2.06. The van der Waals surface area contributed by atoms with Crippen LogP contribution in [0.2, 0.25) is 0 Å². The molecule has 0 aromatic carbocycles. The molecular formula is C13H24N2O3S. The quantitative estimate of drug-likeness (QED) is 0.290. The zero-order chi connectivity index (χ0) is 14.5. The molecule has 0 atom stereocenters. The van der Waals surface area contributed by atoms with Crippen LogP contribution in [0.4, 0.5) is 0 Å². The third kappa shape index (κ3) is 11.8. The van der Waals surface area contributed by atoms with Crippen molar-refractivity contribution in [2.24, 2.45) is 5.14 Å². The van der Waals surface area contributed by atoms with Crippen LogP contribution in [0.3, 0.4) is 0 Å². The fourth-order valence-corrected chi connectivity index (χ4v) is 1.98. The molecule has 0 aromatic rings. The molecule has 19 heavy (non-hydrogen) atoms. The molecule has 0 aliphatic carbocycles. The lowest BCUT2D eigenvalue weighted by molar-refractivity contribution is -0.137. The van der Waals surface area contributed by atoms with E-state index in [0.717, 1.165) is 31.4 Å². The Kier molecular flexibility index (Phi) is 11.4. The number of unbranched alkanes of at least 4 members (excludes halogenated alkanes) is 5. The molecule has 0 bridgehead atoms. The van der Waals surface area contributed by atoms with Crippen LogP contribution in [-0.2, 0) is 9.59 Å². The van der Waals surface area contributed by atoms with E-state index in [1.54, 1.807) is 0 Å². The van der Waals surface area contributed by atoms with Gasteiger partial charge in [0.15, 0.2) is 0 Å². The standard InChI is InChI=1S/C13H24N2O3S/c1-11(10-12(16)17)13(18)15-8-6-4-2-3-5-7-9-19-14/h1-10,14H2,(H,15,18)(H,16,17). The van der Waals surface area contributed by atoms with Crippen molar-refractivity contribution in [1.82, 2.24) is 5.32 Å². The minimum atomic E-state index is -1.03. The lowest BCUT2D eigenvalue weighted by Crippen LogP contribution is -2.26. The zero-order valence-electron chi connectivity index (χ0n) is 11.3. The van der Waals surface area contributed by atoms with Crippen molar-refractivity contribution in [1.29, 1.82) is 0 Å². The van der Waals surface area contributed by atoms with E-state index in [4.69, 9.17) is 10.2 Å². The summed E-state index contributed by atoms with van der Waals surface area (Å²) in [5.74, 6) is -0.375. The number of carbonyl (C=O) groups is 2. The van der Waals surface area contributed by atoms with Crippen molar-refractivity contribution in [3.8, 4) is 0 Å². The number of carboxylic acid groups (broad SMARTS) is 1. The summed E-state index contributed by atoms with van der Waals surface area (Å²) >= 11 is 1.39. The average molecular weight is 288 g/mol. The number of hydrogen-bond acceptors (Lipinski definition) is 4. The highest BCUT2D eigenvalue weighted by Crippen LogP contribution is 2.06. The summed E-state index contributed by atoms with van der Waals surface area (Å²) in [7, 11) is 0. The summed E-state index contributed by atoms with van der Waals surface area (Å²) in [6, 6.07) is 0. The molecule has 0 aliphatic rings. The van der Waals surface area contributed by atoms with E-state index in [9.17, 15) is 9.59 Å². The Labute approximate surface area is 119 Å². The molecular weight excluding hydrogens is 264 g/mol. The van der Waals surface area contributed by atoms with Gasteiger partial charge in [-0.3, -0.25) is 14.7 Å². The first-order valence-corrected chi connectivity index (χ1v) is 7.62. The SMILES string of the molecule is C=C(CC(=O)O)C(=O)NCCCCCCCCSN. The first-order valence-electron chi connectivity index (χ1n) is 6.57. The monoisotopic (exact) mass is 288 g/mol. The maximum absolute atomic E-state index is 11.4. The van der Waals surface area contributed by atoms with Crippen molar-refractivity contribution in [2.45, 2.75) is 44.9 Å². The van der Waals surface area contributed by atoms with Gasteiger partial charge in [0.1, 0.15) is 0 Å². The Balaban J connectivity index is 3.36. The summed E-state index contributed by atoms with van der Waals surface area (Å²) in [4.78, 5) is 21.8. The van der Waals surface area contributed by atoms with Gasteiger partial charge in [-0.1, -0.05) is 44.2 Å². The molecule has 5 nitrogen and oxygen atoms in total. The van der Waals surface area contributed by atoms with Crippen LogP contribution in [0.1, 0.15) is 44.9 Å². The fourth-order valence-electron chi connectivity index (χ4n) is 1.61. The van der Waals surface area contributed by atoms with Crippen LogP contribution in [0, 0.1) is 0 Å². The highest BCUT2D eigenvalue weighted by molar-refractivity contribution is 7.97. The molecule has 0 saturated carbocycles. The van der Waals surface area contributed by atoms with E-state index in [2.05, 4.69) is 11.9 Å². The van der Waals surface area contributed by atoms with Gasteiger partial charge in [-0.15, -0.1) is 0 Å². The number of carbonyl (C=O) groups excluding carboxylic acids is 1. The Morgan fingerprint density at radius 3 is 2.26 bits per heavy atom. The van der Waals surface area contributed by atoms with Crippen molar-refractivity contribution in [3.63, 3.8) is 0 Å². The van der Waals surface area contributed by atoms with Crippen LogP contribution in [-0.4, -0.2) is 29.3 Å². The molecule has 110 valence electrons. The predicted octanol–water partition coefficient (Wildman–Crippen LogP) is 2.08. The summed E-state index contributed by atoms with van der Waals surface area (Å²) in [5.41, 5.74) is 0.104. The first kappa shape index (κ1) is 18.0. The van der Waals surface area contributed by atoms with E-state index >= 15 is 0 Å². The Morgan fingerprint density at radius 1 is 1.11 bits per heavy atom. The maximum Gasteiger partial charge on any atom is 0.308 e. The minimum Gasteiger partial charge on any atom is -0.481 e. The highest BCUT2D eigenvalue weighted by atomic mass is 32.2. The molecule has 0 spiro atoms. The van der Waals surface area contributed by atoms with Gasteiger partial charge in [-0.05, 0) is 12.8 Å². The van der Waals surface area contributed by atoms with E-state index in [0.29, 0.717) is 6.54 Å². The van der Waals surface area contributed by atoms with Crippen molar-refractivity contribution in [2.75, 3.05) is 12.3 Å². The first-order chi connectivity index (χ1) is 9.07. The number of amides is 1. The topological polar surface area (TPSA) is 92.4 Å². The smallest absolute Gasteiger partial charge is 0.308 e. The van der Waals surface area contributed by atoms with Gasteiger partial charge in [0.25, 0.3) is 0 Å². The number of nitrogens with two attached hydrogens (primary N) is 1. The van der Waals surface area contributed by atoms with E-state index in [1.165, 1.54) is 24.8 Å². The van der Waals surface area contributed by atoms with E-state index < -0.39 is 5.97 Å². The van der Waals surface area contributed by atoms with Gasteiger partial charge < -0.3 is 10.4 Å². The van der Waals surface area contributed by atoms with Gasteiger partial charge in [0, 0.05) is 17.9 Å². The van der Waals surface area contributed by atoms with Crippen molar-refractivity contribution in [3.05, 3.63) is 12.2 Å². The number of carboxylic acids is 1. The van der Waals surface area contributed by atoms with Gasteiger partial charge in [-0.2, -0.15) is 0 Å². The lowest BCUT2D eigenvalue weighted by atomic mass is 10.1. The molecule has 0 heterocycles. The summed E-state index contributed by atoms with van der Waals surface area (Å²) in [5, 5.41) is 16.5. The molecule has 0 aromatic heterocycles. The average Bonchev–Trinajstić information content (AvgIpc) is 2.35. The van der Waals surface area contributed by atoms with E-state index in [1.807, 2.05) is 0 Å². The normalized spacial score (nSPS) is 10.2. The van der Waals surface area contributed by atoms with Crippen LogP contribution in [0.5, 0.6) is 0 Å². The molecule has 0 saturated heterocycles. The molecule has 0 rings (SSSR count). The van der Waals surface area contributed by atoms with Crippen LogP contribution in [0.15, 0.2) is 12.2 Å². The van der Waals surface area contributed by atoms with Crippen LogP contribution >= 0.6 is 11.9 Å². The Bertz CT molecular complexity index is 296. The second kappa shape index (κ2) is 12.0. The third-order valence-electron chi connectivity index (χ3n) is 2.66. The second-order valence-electron chi connectivity index (χ2n) is 4.42. The summed E-state index contributed by atoms with van der Waals surface area (Å²) in [6.07, 6.45) is 6.39. The number of aliphatic carboxylic acids is 1. The Hall–Kier alpha value is -1.01. The number of nitrogens with one attached hydrogen (secondary N) is 1. The van der Waals surface area contributed by atoms with Gasteiger partial charge in [0.05, 0.1) is 6.42 Å². The Morgan fingerprint density at radius 2 is 1.68 bits per heavy atom. The van der Waals surface area contributed by atoms with Crippen molar-refractivity contribution >= 4 is 23.8 Å². The van der Waals surface area contributed by atoms with Crippen molar-refractivity contribution < 1.29 is 14.7 Å². The number of hydrogen-bond donors (Lipinski definition) is 3. The summed E-state index contributed by atoms with van der Waals surface area (Å²) in [6.45, 7) is 4.03.